The Hall–Kier alpha value is -6.13. The van der Waals surface area contributed by atoms with Crippen LogP contribution < -0.4 is 116 Å². The normalized spacial score (nSPS) is 14.3. The van der Waals surface area contributed by atoms with Gasteiger partial charge in [-0.1, -0.05) is 309 Å². The standard InChI is InChI=1S/2C36H48N2O2.2C7H8.4C4H8O.4Li/c2*1-33(2,3)25-17-23(31(39)27(19-25)35(7,8)9)21-37-29-15-13-14-16-30(29)38-22-24-18-26(34(4,5)6)20-28(32(24)40)36(10,11)12;2*1-7-5-3-2-4-6-7;4*1-2-4-5-3-1;;;;/h2*13-22,39-40H,1-12H3;2*2-6H,1H3;4*1-4H2;;;;/q;;;;;;;;4*+1. The van der Waals surface area contributed by atoms with Crippen LogP contribution in [0.5, 0.6) is 23.0 Å². The molecule has 4 fully saturated rings. The van der Waals surface area contributed by atoms with E-state index in [4.69, 9.17) is 18.9 Å². The summed E-state index contributed by atoms with van der Waals surface area (Å²) in [6, 6.07) is 52.3. The Morgan fingerprint density at radius 2 is 0.398 bits per heavy atom. The van der Waals surface area contributed by atoms with Crippen LogP contribution in [0.1, 0.15) is 295 Å². The first-order valence-electron chi connectivity index (χ1n) is 41.5. The first kappa shape index (κ1) is 110. The summed E-state index contributed by atoms with van der Waals surface area (Å²) in [6.07, 6.45) is 17.4. The Kier molecular flexibility index (Phi) is 47.6. The summed E-state index contributed by atoms with van der Waals surface area (Å²) in [6.45, 7) is 63.0. The van der Waals surface area contributed by atoms with Crippen LogP contribution in [0.25, 0.3) is 0 Å². The average molecular weight is 1580 g/mol. The summed E-state index contributed by atoms with van der Waals surface area (Å²) < 4.78 is 19.8. The molecule has 16 heteroatoms. The van der Waals surface area contributed by atoms with E-state index in [9.17, 15) is 20.4 Å². The number of aryl methyl sites for hydroxylation is 2. The smallest absolute Gasteiger partial charge is 0.872 e. The van der Waals surface area contributed by atoms with E-state index in [2.05, 4.69) is 249 Å². The molecule has 4 aliphatic rings. The predicted octanol–water partition coefficient (Wildman–Crippen LogP) is 4.57. The second kappa shape index (κ2) is 51.1. The van der Waals surface area contributed by atoms with E-state index >= 15 is 0 Å². The maximum absolute atomic E-state index is 13.4. The van der Waals surface area contributed by atoms with E-state index < -0.39 is 0 Å². The Morgan fingerprint density at radius 1 is 0.237 bits per heavy atom. The number of hydrogen-bond acceptors (Lipinski definition) is 8. The number of rotatable bonds is 8. The number of para-hydroxylation sites is 4. The Bertz CT molecular complexity index is 3820. The van der Waals surface area contributed by atoms with Crippen molar-refractivity contribution in [3.63, 3.8) is 0 Å². The maximum atomic E-state index is 13.4. The van der Waals surface area contributed by atoms with Gasteiger partial charge >= 0.3 is 75.4 Å². The molecule has 620 valence electrons. The van der Waals surface area contributed by atoms with Gasteiger partial charge in [-0.05, 0) is 177 Å². The van der Waals surface area contributed by atoms with E-state index in [-0.39, 0.29) is 142 Å². The van der Waals surface area contributed by atoms with E-state index in [0.717, 1.165) is 120 Å². The molecule has 8 aromatic carbocycles. The molecule has 4 N–H and O–H groups in total. The zero-order valence-corrected chi connectivity index (χ0v) is 78.9. The third-order valence-corrected chi connectivity index (χ3v) is 19.7. The largest absolute Gasteiger partial charge is 1.00 e. The first-order valence-corrected chi connectivity index (χ1v) is 41.5. The molecule has 0 saturated carbocycles. The third-order valence-electron chi connectivity index (χ3n) is 19.7. The molecule has 8 aromatic rings. The van der Waals surface area contributed by atoms with Crippen LogP contribution in [0.2, 0.25) is 0 Å². The predicted molar refractivity (Wildman–Crippen MR) is 472 cm³/mol. The Balaban J connectivity index is 0.000000814. The van der Waals surface area contributed by atoms with Crippen molar-refractivity contribution in [2.75, 3.05) is 52.9 Å². The summed E-state index contributed by atoms with van der Waals surface area (Å²) >= 11 is 0. The second-order valence-electron chi connectivity index (χ2n) is 38.6. The molecular formula is C102H144Li4N4O8+4. The van der Waals surface area contributed by atoms with Crippen LogP contribution in [0.3, 0.4) is 0 Å². The monoisotopic (exact) mass is 1580 g/mol. The quantitative estimate of drug-likeness (QED) is 0.126. The summed E-state index contributed by atoms with van der Waals surface area (Å²) in [5, 5.41) is 53.8. The summed E-state index contributed by atoms with van der Waals surface area (Å²) in [5.41, 5.74) is 14.7. The number of ether oxygens (including phenoxy) is 4. The molecule has 0 aliphatic carbocycles. The molecule has 4 heterocycles. The zero-order valence-electron chi connectivity index (χ0n) is 78.9. The van der Waals surface area contributed by atoms with Crippen LogP contribution >= 0.6 is 0 Å². The van der Waals surface area contributed by atoms with Crippen LogP contribution in [0.15, 0.2) is 158 Å². The molecule has 4 saturated heterocycles. The van der Waals surface area contributed by atoms with Gasteiger partial charge in [-0.2, -0.15) is 0 Å². The molecule has 118 heavy (non-hydrogen) atoms. The van der Waals surface area contributed by atoms with Crippen LogP contribution in [0.4, 0.5) is 22.7 Å². The van der Waals surface area contributed by atoms with Gasteiger partial charge in [0.05, 0.1) is 0 Å². The minimum atomic E-state index is -0.265. The van der Waals surface area contributed by atoms with Crippen molar-refractivity contribution in [1.82, 2.24) is 0 Å². The molecule has 4 aliphatic heterocycles. The van der Waals surface area contributed by atoms with Crippen molar-refractivity contribution >= 4 is 47.6 Å². The van der Waals surface area contributed by atoms with E-state index in [0.29, 0.717) is 22.3 Å². The van der Waals surface area contributed by atoms with E-state index in [1.807, 2.05) is 109 Å². The molecule has 0 unspecified atom stereocenters. The van der Waals surface area contributed by atoms with Crippen LogP contribution in [-0.2, 0) is 62.3 Å². The van der Waals surface area contributed by atoms with Crippen molar-refractivity contribution in [3.8, 4) is 23.0 Å². The van der Waals surface area contributed by atoms with Crippen LogP contribution in [0, 0.1) is 13.8 Å². The van der Waals surface area contributed by atoms with Gasteiger partial charge in [-0.15, -0.1) is 0 Å². The zero-order chi connectivity index (χ0) is 84.9. The SMILES string of the molecule is C1CCOC1.C1CCOC1.C1CCOC1.C1CCOC1.CC(C)(C)c1cc(C=[NH+]c2ccccc2[NH+]=Cc2cc(C(C)(C)C)cc(C(C)(C)C)c2[O-])c([O-])c(C(C)(C)C)c1.CC(C)(C)c1cc(C=[NH+]c2ccccc2[NH+]=Cc2cc(C(C)(C)C)cc(C(C)(C)C)c2[O-])c([O-])c(C(C)(C)C)c1.Cc1ccccc1.Cc1ccccc1.[Li+].[Li+].[Li+].[Li+]. The minimum absolute atomic E-state index is 0. The summed E-state index contributed by atoms with van der Waals surface area (Å²) in [5.74, 6) is 0.147. The van der Waals surface area contributed by atoms with Gasteiger partial charge in [0.2, 0.25) is 0 Å². The minimum Gasteiger partial charge on any atom is -0.872 e. The fourth-order valence-electron chi connectivity index (χ4n) is 12.2. The number of nitrogens with one attached hydrogen (secondary N) is 4. The number of benzene rings is 8. The molecule has 0 spiro atoms. The molecular weight excluding hydrogens is 1440 g/mol. The molecule has 0 aromatic heterocycles. The summed E-state index contributed by atoms with van der Waals surface area (Å²) in [7, 11) is 0. The van der Waals surface area contributed by atoms with Gasteiger partial charge in [0.1, 0.15) is 0 Å². The van der Waals surface area contributed by atoms with Crippen molar-refractivity contribution in [2.45, 2.75) is 275 Å². The topological polar surface area (TPSA) is 185 Å². The fraction of sp³-hybridized carbons (Fsp3) is 0.490. The molecule has 0 radical (unpaired) electrons. The van der Waals surface area contributed by atoms with Gasteiger partial charge in [0, 0.05) is 99.4 Å². The Morgan fingerprint density at radius 3 is 0.517 bits per heavy atom. The molecule has 0 bridgehead atoms. The van der Waals surface area contributed by atoms with Gasteiger partial charge in [-0.25, -0.2) is 20.0 Å². The van der Waals surface area contributed by atoms with Gasteiger partial charge in [0.25, 0.3) is 22.7 Å². The van der Waals surface area contributed by atoms with Gasteiger partial charge in [-0.3, -0.25) is 0 Å². The second-order valence-corrected chi connectivity index (χ2v) is 38.6. The van der Waals surface area contributed by atoms with Crippen molar-refractivity contribution in [1.29, 1.82) is 0 Å². The molecule has 0 atom stereocenters. The molecule has 0 amide bonds. The third kappa shape index (κ3) is 38.5. The summed E-state index contributed by atoms with van der Waals surface area (Å²) in [4.78, 5) is 13.5. The van der Waals surface area contributed by atoms with Crippen molar-refractivity contribution in [3.05, 3.63) is 236 Å². The molecule has 12 rings (SSSR count). The van der Waals surface area contributed by atoms with Crippen molar-refractivity contribution in [2.24, 2.45) is 0 Å². The fourth-order valence-corrected chi connectivity index (χ4v) is 12.2. The Labute approximate surface area is 762 Å². The maximum Gasteiger partial charge on any atom is 1.00 e. The number of hydrogen-bond donors (Lipinski definition) is 4. The van der Waals surface area contributed by atoms with E-state index in [1.54, 1.807) is 24.9 Å². The average Bonchev–Trinajstić information content (AvgIpc) is 0.814. The molecule has 12 nitrogen and oxygen atoms in total. The van der Waals surface area contributed by atoms with E-state index in [1.165, 1.54) is 62.5 Å². The first-order chi connectivity index (χ1) is 53.2. The van der Waals surface area contributed by atoms with Crippen LogP contribution in [-0.4, -0.2) is 77.7 Å². The van der Waals surface area contributed by atoms with Crippen molar-refractivity contribution < 1.29 is 135 Å². The van der Waals surface area contributed by atoms with Gasteiger partial charge in [0.15, 0.2) is 24.9 Å². The van der Waals surface area contributed by atoms with Gasteiger partial charge < -0.3 is 39.4 Å².